The fourth-order valence-electron chi connectivity index (χ4n) is 2.24. The van der Waals surface area contributed by atoms with Crippen LogP contribution in [-0.2, 0) is 13.0 Å². The van der Waals surface area contributed by atoms with Gasteiger partial charge in [0, 0.05) is 24.2 Å². The lowest BCUT2D eigenvalue weighted by atomic mass is 10.2. The highest BCUT2D eigenvalue weighted by Gasteiger charge is 2.36. The zero-order valence-electron chi connectivity index (χ0n) is 12.1. The highest BCUT2D eigenvalue weighted by molar-refractivity contribution is 7.11. The zero-order valence-corrected chi connectivity index (χ0v) is 12.9. The smallest absolute Gasteiger partial charge is 0.191 e. The molecule has 0 amide bonds. The molecule has 0 saturated heterocycles. The molecule has 19 heavy (non-hydrogen) atoms. The van der Waals surface area contributed by atoms with E-state index in [4.69, 9.17) is 0 Å². The average Bonchev–Trinajstić information content (AvgIpc) is 2.99. The quantitative estimate of drug-likeness (QED) is 0.622. The molecular weight excluding hydrogens is 256 g/mol. The second kappa shape index (κ2) is 6.89. The lowest BCUT2D eigenvalue weighted by molar-refractivity contribution is 0.655. The first-order valence-electron chi connectivity index (χ1n) is 7.17. The van der Waals surface area contributed by atoms with E-state index in [0.29, 0.717) is 6.04 Å². The molecule has 0 radical (unpaired) electrons. The molecule has 1 aromatic rings. The fraction of sp³-hybridized carbons (Fsp3) is 0.714. The van der Waals surface area contributed by atoms with Crippen molar-refractivity contribution in [2.75, 3.05) is 7.05 Å². The molecule has 2 unspecified atom stereocenters. The molecule has 0 spiro atoms. The third-order valence-electron chi connectivity index (χ3n) is 3.48. The minimum Gasteiger partial charge on any atom is -0.353 e. The molecule has 5 heteroatoms. The molecule has 1 saturated carbocycles. The topological polar surface area (TPSA) is 49.3 Å². The minimum absolute atomic E-state index is 0.619. The molecule has 2 N–H and O–H groups in total. The van der Waals surface area contributed by atoms with Gasteiger partial charge in [-0.05, 0) is 25.2 Å². The van der Waals surface area contributed by atoms with Crippen LogP contribution in [0, 0.1) is 5.92 Å². The number of guanidine groups is 1. The third kappa shape index (κ3) is 4.20. The van der Waals surface area contributed by atoms with Crippen LogP contribution in [-0.4, -0.2) is 24.0 Å². The number of hydrogen-bond donors (Lipinski definition) is 2. The van der Waals surface area contributed by atoms with Crippen molar-refractivity contribution in [3.8, 4) is 0 Å². The summed E-state index contributed by atoms with van der Waals surface area (Å²) in [7, 11) is 1.83. The maximum absolute atomic E-state index is 4.41. The van der Waals surface area contributed by atoms with Crippen LogP contribution >= 0.6 is 11.3 Å². The first kappa shape index (κ1) is 14.3. The zero-order chi connectivity index (χ0) is 13.7. The van der Waals surface area contributed by atoms with Gasteiger partial charge >= 0.3 is 0 Å². The van der Waals surface area contributed by atoms with E-state index in [0.717, 1.165) is 29.9 Å². The molecule has 0 bridgehead atoms. The van der Waals surface area contributed by atoms with E-state index in [1.165, 1.54) is 24.1 Å². The Morgan fingerprint density at radius 1 is 1.53 bits per heavy atom. The number of rotatable bonds is 6. The molecule has 1 aliphatic carbocycles. The maximum Gasteiger partial charge on any atom is 0.191 e. The van der Waals surface area contributed by atoms with Crippen molar-refractivity contribution in [1.29, 1.82) is 0 Å². The predicted octanol–water partition coefficient (Wildman–Crippen LogP) is 2.56. The van der Waals surface area contributed by atoms with E-state index in [-0.39, 0.29) is 0 Å². The second-order valence-corrected chi connectivity index (χ2v) is 6.23. The summed E-state index contributed by atoms with van der Waals surface area (Å²) in [6, 6.07) is 0.619. The molecule has 2 atom stereocenters. The highest BCUT2D eigenvalue weighted by Crippen LogP contribution is 2.34. The van der Waals surface area contributed by atoms with Crippen LogP contribution in [0.25, 0.3) is 0 Å². The van der Waals surface area contributed by atoms with Gasteiger partial charge in [0.25, 0.3) is 0 Å². The van der Waals surface area contributed by atoms with Gasteiger partial charge in [0.2, 0.25) is 0 Å². The second-order valence-electron chi connectivity index (χ2n) is 5.03. The first-order chi connectivity index (χ1) is 9.26. The van der Waals surface area contributed by atoms with Crippen LogP contribution < -0.4 is 10.6 Å². The van der Waals surface area contributed by atoms with Crippen molar-refractivity contribution in [3.05, 3.63) is 16.1 Å². The van der Waals surface area contributed by atoms with Crippen LogP contribution in [0.5, 0.6) is 0 Å². The predicted molar refractivity (Wildman–Crippen MR) is 81.6 cm³/mol. The lowest BCUT2D eigenvalue weighted by Crippen LogP contribution is -2.38. The molecule has 2 rings (SSSR count). The van der Waals surface area contributed by atoms with Crippen molar-refractivity contribution in [2.24, 2.45) is 10.9 Å². The molecule has 106 valence electrons. The van der Waals surface area contributed by atoms with E-state index >= 15 is 0 Å². The standard InChI is InChI=1S/C14H24N4S/c1-4-6-10-7-12(10)18-14(15-3)17-9-13-16-8-11(5-2)19-13/h8,10,12H,4-7,9H2,1-3H3,(H2,15,17,18). The summed E-state index contributed by atoms with van der Waals surface area (Å²) in [4.78, 5) is 10.0. The van der Waals surface area contributed by atoms with E-state index in [1.54, 1.807) is 11.3 Å². The van der Waals surface area contributed by atoms with Gasteiger partial charge in [0.15, 0.2) is 5.96 Å². The van der Waals surface area contributed by atoms with Crippen molar-refractivity contribution < 1.29 is 0 Å². The Morgan fingerprint density at radius 3 is 3.00 bits per heavy atom. The SMILES string of the molecule is CCCC1CC1NC(=NC)NCc1ncc(CC)s1. The van der Waals surface area contributed by atoms with E-state index in [1.807, 2.05) is 13.2 Å². The largest absolute Gasteiger partial charge is 0.353 e. The Balaban J connectivity index is 1.74. The number of nitrogens with one attached hydrogen (secondary N) is 2. The van der Waals surface area contributed by atoms with E-state index < -0.39 is 0 Å². The Morgan fingerprint density at radius 2 is 2.37 bits per heavy atom. The van der Waals surface area contributed by atoms with Gasteiger partial charge in [-0.15, -0.1) is 11.3 Å². The fourth-order valence-corrected chi connectivity index (χ4v) is 3.04. The maximum atomic E-state index is 4.41. The molecule has 1 fully saturated rings. The summed E-state index contributed by atoms with van der Waals surface area (Å²) in [5.74, 6) is 1.74. The Kier molecular flexibility index (Phi) is 5.19. The summed E-state index contributed by atoms with van der Waals surface area (Å²) < 4.78 is 0. The third-order valence-corrected chi connectivity index (χ3v) is 4.63. The van der Waals surface area contributed by atoms with Crippen LogP contribution in [0.15, 0.2) is 11.2 Å². The molecule has 0 aromatic carbocycles. The molecule has 1 heterocycles. The number of thiazole rings is 1. The minimum atomic E-state index is 0.619. The summed E-state index contributed by atoms with van der Waals surface area (Å²) >= 11 is 1.77. The molecule has 0 aliphatic heterocycles. The molecule has 1 aromatic heterocycles. The average molecular weight is 280 g/mol. The summed E-state index contributed by atoms with van der Waals surface area (Å²) in [5.41, 5.74) is 0. The van der Waals surface area contributed by atoms with Gasteiger partial charge in [0.1, 0.15) is 5.01 Å². The van der Waals surface area contributed by atoms with Crippen LogP contribution in [0.3, 0.4) is 0 Å². The number of nitrogens with zero attached hydrogens (tertiary/aromatic N) is 2. The van der Waals surface area contributed by atoms with Gasteiger partial charge < -0.3 is 10.6 Å². The summed E-state index contributed by atoms with van der Waals surface area (Å²) in [5, 5.41) is 7.95. The Labute approximate surface area is 119 Å². The van der Waals surface area contributed by atoms with Gasteiger partial charge in [-0.25, -0.2) is 4.98 Å². The van der Waals surface area contributed by atoms with E-state index in [9.17, 15) is 0 Å². The van der Waals surface area contributed by atoms with Crippen molar-refractivity contribution in [2.45, 2.75) is 52.1 Å². The lowest BCUT2D eigenvalue weighted by Gasteiger charge is -2.10. The van der Waals surface area contributed by atoms with Crippen LogP contribution in [0.2, 0.25) is 0 Å². The van der Waals surface area contributed by atoms with Crippen LogP contribution in [0.1, 0.15) is 43.0 Å². The first-order valence-corrected chi connectivity index (χ1v) is 7.99. The van der Waals surface area contributed by atoms with Gasteiger partial charge in [-0.2, -0.15) is 0 Å². The molecule has 1 aliphatic rings. The number of hydrogen-bond acceptors (Lipinski definition) is 3. The van der Waals surface area contributed by atoms with Crippen molar-refractivity contribution >= 4 is 17.3 Å². The van der Waals surface area contributed by atoms with Gasteiger partial charge in [-0.3, -0.25) is 4.99 Å². The Hall–Kier alpha value is -1.10. The molecule has 4 nitrogen and oxygen atoms in total. The van der Waals surface area contributed by atoms with Crippen LogP contribution in [0.4, 0.5) is 0 Å². The van der Waals surface area contributed by atoms with Gasteiger partial charge in [0.05, 0.1) is 6.54 Å². The Bertz CT molecular complexity index is 427. The summed E-state index contributed by atoms with van der Waals surface area (Å²) in [6.07, 6.45) is 6.90. The monoisotopic (exact) mass is 280 g/mol. The van der Waals surface area contributed by atoms with Gasteiger partial charge in [-0.1, -0.05) is 20.3 Å². The number of aromatic nitrogens is 1. The van der Waals surface area contributed by atoms with E-state index in [2.05, 4.69) is 34.5 Å². The summed E-state index contributed by atoms with van der Waals surface area (Å²) in [6.45, 7) is 5.16. The molecular formula is C14H24N4S. The number of aliphatic imine (C=N–C) groups is 1. The van der Waals surface area contributed by atoms with Crippen molar-refractivity contribution in [1.82, 2.24) is 15.6 Å². The van der Waals surface area contributed by atoms with Crippen molar-refractivity contribution in [3.63, 3.8) is 0 Å². The highest BCUT2D eigenvalue weighted by atomic mass is 32.1. The normalized spacial score (nSPS) is 22.4. The number of aryl methyl sites for hydroxylation is 1.